The van der Waals surface area contributed by atoms with Crippen LogP contribution in [0.1, 0.15) is 25.7 Å². The van der Waals surface area contributed by atoms with Gasteiger partial charge in [-0.25, -0.2) is 24.0 Å². The Bertz CT molecular complexity index is 1780. The molecule has 8 aliphatic rings. The van der Waals surface area contributed by atoms with Crippen LogP contribution in [0, 0.1) is 40.4 Å². The zero-order chi connectivity index (χ0) is 37.1. The molecule has 8 fully saturated rings. The van der Waals surface area contributed by atoms with Crippen LogP contribution in [0.15, 0.2) is 73.9 Å². The molecule has 8 rings (SSSR count). The summed E-state index contributed by atoms with van der Waals surface area (Å²) in [6, 6.07) is 0. The van der Waals surface area contributed by atoms with E-state index in [1.165, 1.54) is 0 Å². The van der Waals surface area contributed by atoms with Gasteiger partial charge in [0.25, 0.3) is 5.97 Å². The molecule has 14 heteroatoms. The van der Waals surface area contributed by atoms with Gasteiger partial charge >= 0.3 is 29.8 Å². The van der Waals surface area contributed by atoms with Gasteiger partial charge in [0.05, 0.1) is 37.2 Å². The average Bonchev–Trinajstić information content (AvgIpc) is 3.72. The van der Waals surface area contributed by atoms with Crippen molar-refractivity contribution < 1.29 is 67.0 Å². The summed E-state index contributed by atoms with van der Waals surface area (Å²) in [7, 11) is 0. The van der Waals surface area contributed by atoms with E-state index < -0.39 is 113 Å². The summed E-state index contributed by atoms with van der Waals surface area (Å²) in [6.45, 7) is 22.5. The molecular weight excluding hydrogens is 680 g/mol. The largest absolute Gasteiger partial charge is 0.461 e. The van der Waals surface area contributed by atoms with Crippen LogP contribution < -0.4 is 0 Å². The summed E-state index contributed by atoms with van der Waals surface area (Å²) in [5, 5.41) is 9.45. The lowest BCUT2D eigenvalue weighted by molar-refractivity contribution is -0.428. The summed E-state index contributed by atoms with van der Waals surface area (Å²) >= 11 is 0. The number of carbonyl (C=O) groups is 5. The van der Waals surface area contributed by atoms with Crippen molar-refractivity contribution in [1.82, 2.24) is 0 Å². The fourth-order valence-corrected chi connectivity index (χ4v) is 10.2. The van der Waals surface area contributed by atoms with Crippen LogP contribution >= 0.6 is 0 Å². The summed E-state index contributed by atoms with van der Waals surface area (Å²) in [5.41, 5.74) is -3.12. The van der Waals surface area contributed by atoms with Gasteiger partial charge in [-0.05, 0) is 25.7 Å². The van der Waals surface area contributed by atoms with Gasteiger partial charge < -0.3 is 43.0 Å². The topological polar surface area (TPSA) is 179 Å². The van der Waals surface area contributed by atoms with E-state index in [1.807, 2.05) is 0 Å². The molecule has 13 atom stereocenters. The number of cyclic esters (lactones) is 1. The molecule has 0 amide bonds. The smallest absolute Gasteiger partial charge is 0.341 e. The summed E-state index contributed by atoms with van der Waals surface area (Å²) in [6.07, 6.45) is 0.672. The van der Waals surface area contributed by atoms with Crippen LogP contribution in [-0.2, 0) is 61.9 Å². The first-order valence-electron chi connectivity index (χ1n) is 17.3. The van der Waals surface area contributed by atoms with E-state index in [0.29, 0.717) is 6.42 Å². The maximum atomic E-state index is 14.3. The number of esters is 5. The highest BCUT2D eigenvalue weighted by molar-refractivity contribution is 5.94. The third kappa shape index (κ3) is 4.53. The first-order chi connectivity index (χ1) is 24.7. The van der Waals surface area contributed by atoms with Gasteiger partial charge in [-0.3, -0.25) is 0 Å². The normalized spacial score (nSPS) is 45.5. The number of ether oxygens (including phenoxy) is 8. The van der Waals surface area contributed by atoms with Crippen LogP contribution in [0.25, 0.3) is 0 Å². The van der Waals surface area contributed by atoms with Gasteiger partial charge in [0.2, 0.25) is 0 Å². The monoisotopic (exact) mass is 720 g/mol. The Morgan fingerprint density at radius 3 is 2.12 bits per heavy atom. The van der Waals surface area contributed by atoms with Crippen molar-refractivity contribution in [3.8, 4) is 0 Å². The van der Waals surface area contributed by atoms with Gasteiger partial charge in [-0.2, -0.15) is 0 Å². The molecule has 2 aliphatic carbocycles. The minimum absolute atomic E-state index is 0.0391. The van der Waals surface area contributed by atoms with Gasteiger partial charge in [0, 0.05) is 45.3 Å². The third-order valence-corrected chi connectivity index (χ3v) is 12.9. The van der Waals surface area contributed by atoms with Crippen molar-refractivity contribution in [2.45, 2.75) is 61.7 Å². The van der Waals surface area contributed by atoms with E-state index in [4.69, 9.17) is 37.9 Å². The molecule has 0 aromatic carbocycles. The molecule has 2 saturated carbocycles. The second-order valence-corrected chi connectivity index (χ2v) is 15.3. The quantitative estimate of drug-likeness (QED) is 0.175. The van der Waals surface area contributed by atoms with Crippen molar-refractivity contribution in [2.75, 3.05) is 26.4 Å². The molecule has 0 radical (unpaired) electrons. The Morgan fingerprint density at radius 2 is 1.44 bits per heavy atom. The fourth-order valence-electron chi connectivity index (χ4n) is 10.2. The van der Waals surface area contributed by atoms with Crippen molar-refractivity contribution in [1.29, 1.82) is 0 Å². The average molecular weight is 721 g/mol. The van der Waals surface area contributed by atoms with E-state index in [2.05, 4.69) is 39.5 Å². The number of rotatable bonds is 7. The number of aliphatic hydroxyl groups excluding tert-OH is 1. The lowest BCUT2D eigenvalue weighted by Gasteiger charge is -2.59. The minimum Gasteiger partial charge on any atom is -0.461 e. The zero-order valence-electron chi connectivity index (χ0n) is 28.5. The Morgan fingerprint density at radius 1 is 0.827 bits per heavy atom. The van der Waals surface area contributed by atoms with E-state index in [1.54, 1.807) is 12.2 Å². The minimum atomic E-state index is -1.71. The maximum Gasteiger partial charge on any atom is 0.341 e. The van der Waals surface area contributed by atoms with Crippen LogP contribution in [0.3, 0.4) is 0 Å². The molecule has 276 valence electrons. The molecule has 52 heavy (non-hydrogen) atoms. The second-order valence-electron chi connectivity index (χ2n) is 15.3. The standard InChI is InChI=1S/C38H40O14/c1-7-35-12-23(25-19(5)32(42)50-28(25)26(35)20(6)31(41)45-14-35)49-34(44)37-10-9-21-27-29-24(18(4)33(43)51-29)22(48-30(40)17(3)13-39)11-36(27,8-2)15-46-38(21,52-37)47-16-37/h7-8,21-29,39H,1-6,9-16H2/t21-,22+,23+,24-,25-,26-,27-,28+,29+,35-,36-,37+,38+/m0/s1. The Hall–Kier alpha value is -4.37. The molecule has 6 heterocycles. The summed E-state index contributed by atoms with van der Waals surface area (Å²) in [5.74, 6) is -8.31. The number of hydrogen-bond acceptors (Lipinski definition) is 14. The third-order valence-electron chi connectivity index (χ3n) is 12.9. The zero-order valence-corrected chi connectivity index (χ0v) is 28.5. The van der Waals surface area contributed by atoms with Crippen molar-refractivity contribution in [2.24, 2.45) is 40.4 Å². The molecule has 0 aromatic heterocycles. The predicted molar refractivity (Wildman–Crippen MR) is 174 cm³/mol. The van der Waals surface area contributed by atoms with Gasteiger partial charge in [0.1, 0.15) is 31.0 Å². The predicted octanol–water partition coefficient (Wildman–Crippen LogP) is 1.93. The van der Waals surface area contributed by atoms with E-state index in [9.17, 15) is 29.1 Å². The molecule has 6 saturated heterocycles. The van der Waals surface area contributed by atoms with Crippen molar-refractivity contribution in [3.63, 3.8) is 0 Å². The highest BCUT2D eigenvalue weighted by Crippen LogP contribution is 2.64. The van der Waals surface area contributed by atoms with E-state index in [-0.39, 0.29) is 61.4 Å². The lowest BCUT2D eigenvalue weighted by Crippen LogP contribution is -2.67. The van der Waals surface area contributed by atoms with Crippen LogP contribution in [0.2, 0.25) is 0 Å². The van der Waals surface area contributed by atoms with Crippen LogP contribution in [-0.4, -0.2) is 97.4 Å². The molecule has 6 aliphatic heterocycles. The second kappa shape index (κ2) is 11.6. The van der Waals surface area contributed by atoms with Crippen molar-refractivity contribution >= 4 is 29.8 Å². The molecule has 0 unspecified atom stereocenters. The first kappa shape index (κ1) is 34.7. The fraction of sp³-hybridized carbons (Fsp3) is 0.553. The maximum absolute atomic E-state index is 14.3. The highest BCUT2D eigenvalue weighted by Gasteiger charge is 2.74. The lowest BCUT2D eigenvalue weighted by atomic mass is 9.54. The van der Waals surface area contributed by atoms with Crippen LogP contribution in [0.5, 0.6) is 0 Å². The van der Waals surface area contributed by atoms with Crippen molar-refractivity contribution in [3.05, 3.63) is 73.9 Å². The molecular formula is C38H40O14. The molecule has 1 spiro atoms. The molecule has 0 aromatic rings. The Balaban J connectivity index is 1.06. The van der Waals surface area contributed by atoms with E-state index in [0.717, 1.165) is 0 Å². The van der Waals surface area contributed by atoms with Gasteiger partial charge in [0.15, 0.2) is 5.60 Å². The SMILES string of the molecule is C=C[C@]12CO[C@@]34OC[C@@](C(=O)O[C@@H]5C[C@@]6(C=C)COC(=O)C(=C)[C@H]6[C@@H]6OC(=O)C(=C)[C@H]65)(CC[C@H]3[C@H]1[C@@H]1OC(=O)C(=C)[C@H]1[C@H](OC(=O)C(=C)CO)C2)O4. The highest BCUT2D eigenvalue weighted by atomic mass is 16.9. The van der Waals surface area contributed by atoms with Gasteiger partial charge in [-0.1, -0.05) is 38.5 Å². The number of aliphatic hydroxyl groups is 1. The summed E-state index contributed by atoms with van der Waals surface area (Å²) in [4.78, 5) is 65.4. The van der Waals surface area contributed by atoms with E-state index >= 15 is 0 Å². The number of fused-ring (bicyclic) bond motifs is 8. The molecule has 14 nitrogen and oxygen atoms in total. The molecule has 2 bridgehead atoms. The van der Waals surface area contributed by atoms with Gasteiger partial charge in [-0.15, -0.1) is 13.2 Å². The Kier molecular flexibility index (Phi) is 7.72. The first-order valence-corrected chi connectivity index (χ1v) is 17.3. The Labute approximate surface area is 299 Å². The van der Waals surface area contributed by atoms with Crippen LogP contribution in [0.4, 0.5) is 0 Å². The molecule has 1 N–H and O–H groups in total. The number of hydrogen-bond donors (Lipinski definition) is 1. The number of carbonyl (C=O) groups excluding carboxylic acids is 5. The summed E-state index contributed by atoms with van der Waals surface area (Å²) < 4.78 is 48.3.